The number of hydrogen-bond donors (Lipinski definition) is 0. The number of hydrogen-bond acceptors (Lipinski definition) is 4. The predicted octanol–water partition coefficient (Wildman–Crippen LogP) is 4.38. The second-order valence-electron chi connectivity index (χ2n) is 6.96. The molecule has 1 amide bonds. The van der Waals surface area contributed by atoms with Crippen molar-refractivity contribution in [2.24, 2.45) is 0 Å². The second kappa shape index (κ2) is 9.22. The summed E-state index contributed by atoms with van der Waals surface area (Å²) in [7, 11) is 0. The second-order valence-corrected chi connectivity index (χ2v) is 6.96. The zero-order valence-corrected chi connectivity index (χ0v) is 16.4. The third-order valence-electron chi connectivity index (χ3n) is 4.95. The van der Waals surface area contributed by atoms with E-state index in [1.54, 1.807) is 36.5 Å². The van der Waals surface area contributed by atoms with Crippen LogP contribution in [0.15, 0.2) is 79.1 Å². The first-order valence-corrected chi connectivity index (χ1v) is 9.83. The maximum Gasteiger partial charge on any atom is 0.246 e. The maximum atomic E-state index is 14.3. The molecule has 0 N–H and O–H groups in total. The van der Waals surface area contributed by atoms with Crippen molar-refractivity contribution in [1.82, 2.24) is 9.88 Å². The van der Waals surface area contributed by atoms with Crippen LogP contribution >= 0.6 is 0 Å². The Morgan fingerprint density at radius 1 is 1.00 bits per heavy atom. The molecule has 1 aromatic heterocycles. The van der Waals surface area contributed by atoms with Gasteiger partial charge in [0, 0.05) is 44.1 Å². The number of para-hydroxylation sites is 1. The molecule has 1 saturated heterocycles. The Bertz CT molecular complexity index is 1020. The van der Waals surface area contributed by atoms with Crippen LogP contribution in [0, 0.1) is 5.82 Å². The van der Waals surface area contributed by atoms with E-state index in [0.717, 1.165) is 13.1 Å². The van der Waals surface area contributed by atoms with Gasteiger partial charge in [-0.2, -0.15) is 0 Å². The molecule has 2 aromatic carbocycles. The minimum absolute atomic E-state index is 0.0705. The quantitative estimate of drug-likeness (QED) is 0.594. The van der Waals surface area contributed by atoms with Crippen molar-refractivity contribution < 1.29 is 13.9 Å². The Balaban J connectivity index is 1.33. The number of piperazine rings is 1. The zero-order chi connectivity index (χ0) is 20.8. The third kappa shape index (κ3) is 4.84. The normalized spacial score (nSPS) is 14.2. The van der Waals surface area contributed by atoms with Gasteiger partial charge in [-0.05, 0) is 48.0 Å². The first-order valence-electron chi connectivity index (χ1n) is 9.83. The molecule has 0 unspecified atom stereocenters. The van der Waals surface area contributed by atoms with Gasteiger partial charge < -0.3 is 14.5 Å². The van der Waals surface area contributed by atoms with Crippen LogP contribution in [-0.2, 0) is 4.79 Å². The van der Waals surface area contributed by atoms with Gasteiger partial charge in [0.2, 0.25) is 5.91 Å². The highest BCUT2D eigenvalue weighted by atomic mass is 19.1. The largest absolute Gasteiger partial charge is 0.453 e. The molecular formula is C24H22FN3O2. The molecule has 0 saturated carbocycles. The highest BCUT2D eigenvalue weighted by Gasteiger charge is 2.19. The minimum atomic E-state index is -0.495. The first kappa shape index (κ1) is 19.6. The van der Waals surface area contributed by atoms with Crippen LogP contribution < -0.4 is 9.64 Å². The van der Waals surface area contributed by atoms with E-state index >= 15 is 0 Å². The molecule has 2 heterocycles. The van der Waals surface area contributed by atoms with Gasteiger partial charge in [0.05, 0.1) is 6.20 Å². The molecule has 3 aromatic rings. The standard InChI is InChI=1S/C24H22FN3O2/c25-22-17-19(8-10-23(22)30-21-7-4-12-26-18-21)9-11-24(29)28-15-13-27(14-16-28)20-5-2-1-3-6-20/h1-12,17-18H,13-16H2/b11-9+. The van der Waals surface area contributed by atoms with Crippen molar-refractivity contribution in [3.8, 4) is 11.5 Å². The van der Waals surface area contributed by atoms with Crippen LogP contribution in [0.25, 0.3) is 6.08 Å². The number of halogens is 1. The Morgan fingerprint density at radius 2 is 1.80 bits per heavy atom. The average molecular weight is 403 g/mol. The molecule has 0 bridgehead atoms. The van der Waals surface area contributed by atoms with E-state index in [1.807, 2.05) is 23.1 Å². The molecule has 6 heteroatoms. The fourth-order valence-electron chi connectivity index (χ4n) is 3.33. The Hall–Kier alpha value is -3.67. The lowest BCUT2D eigenvalue weighted by atomic mass is 10.2. The van der Waals surface area contributed by atoms with Gasteiger partial charge in [-0.1, -0.05) is 24.3 Å². The number of nitrogens with zero attached hydrogens (tertiary/aromatic N) is 3. The van der Waals surface area contributed by atoms with Gasteiger partial charge in [-0.3, -0.25) is 9.78 Å². The SMILES string of the molecule is O=C(/C=C/c1ccc(Oc2cccnc2)c(F)c1)N1CCN(c2ccccc2)CC1. The van der Waals surface area contributed by atoms with E-state index in [0.29, 0.717) is 24.4 Å². The van der Waals surface area contributed by atoms with Crippen molar-refractivity contribution in [2.45, 2.75) is 0 Å². The Morgan fingerprint density at radius 3 is 2.50 bits per heavy atom. The van der Waals surface area contributed by atoms with Crippen molar-refractivity contribution >= 4 is 17.7 Å². The summed E-state index contributed by atoms with van der Waals surface area (Å²) in [5.41, 5.74) is 1.77. The summed E-state index contributed by atoms with van der Waals surface area (Å²) in [6.07, 6.45) is 6.26. The lowest BCUT2D eigenvalue weighted by Gasteiger charge is -2.35. The number of pyridine rings is 1. The van der Waals surface area contributed by atoms with Crippen molar-refractivity contribution in [2.75, 3.05) is 31.1 Å². The van der Waals surface area contributed by atoms with E-state index < -0.39 is 5.82 Å². The number of anilines is 1. The fraction of sp³-hybridized carbons (Fsp3) is 0.167. The average Bonchev–Trinajstić information content (AvgIpc) is 2.80. The van der Waals surface area contributed by atoms with Crippen LogP contribution in [0.1, 0.15) is 5.56 Å². The first-order chi connectivity index (χ1) is 14.7. The lowest BCUT2D eigenvalue weighted by Crippen LogP contribution is -2.48. The molecule has 0 radical (unpaired) electrons. The summed E-state index contributed by atoms with van der Waals surface area (Å²) in [5.74, 6) is 0.0109. The van der Waals surface area contributed by atoms with Gasteiger partial charge >= 0.3 is 0 Å². The number of rotatable bonds is 5. The molecule has 0 atom stereocenters. The van der Waals surface area contributed by atoms with E-state index in [9.17, 15) is 9.18 Å². The monoisotopic (exact) mass is 403 g/mol. The van der Waals surface area contributed by atoms with Crippen molar-refractivity contribution in [1.29, 1.82) is 0 Å². The minimum Gasteiger partial charge on any atom is -0.453 e. The number of carbonyl (C=O) groups is 1. The molecule has 1 aliphatic rings. The van der Waals surface area contributed by atoms with Crippen LogP contribution in [0.4, 0.5) is 10.1 Å². The van der Waals surface area contributed by atoms with Crippen LogP contribution in [0.2, 0.25) is 0 Å². The molecule has 0 aliphatic carbocycles. The number of carbonyl (C=O) groups excluding carboxylic acids is 1. The van der Waals surface area contributed by atoms with Crippen molar-refractivity contribution in [3.63, 3.8) is 0 Å². The zero-order valence-electron chi connectivity index (χ0n) is 16.4. The molecule has 5 nitrogen and oxygen atoms in total. The van der Waals surface area contributed by atoms with Crippen LogP contribution in [0.5, 0.6) is 11.5 Å². The van der Waals surface area contributed by atoms with Gasteiger partial charge in [0.15, 0.2) is 11.6 Å². The molecule has 1 aliphatic heterocycles. The topological polar surface area (TPSA) is 45.7 Å². The highest BCUT2D eigenvalue weighted by molar-refractivity contribution is 5.92. The summed E-state index contributed by atoms with van der Waals surface area (Å²) in [4.78, 5) is 20.5. The van der Waals surface area contributed by atoms with Crippen LogP contribution in [-0.4, -0.2) is 42.0 Å². The summed E-state index contributed by atoms with van der Waals surface area (Å²) < 4.78 is 19.8. The van der Waals surface area contributed by atoms with Gasteiger partial charge in [0.1, 0.15) is 5.75 Å². The molecule has 4 rings (SSSR count). The van der Waals surface area contributed by atoms with E-state index in [-0.39, 0.29) is 11.7 Å². The molecule has 152 valence electrons. The predicted molar refractivity (Wildman–Crippen MR) is 115 cm³/mol. The van der Waals surface area contributed by atoms with E-state index in [2.05, 4.69) is 22.0 Å². The van der Waals surface area contributed by atoms with Crippen molar-refractivity contribution in [3.05, 3.63) is 90.5 Å². The number of ether oxygens (including phenoxy) is 1. The van der Waals surface area contributed by atoms with Crippen LogP contribution in [0.3, 0.4) is 0 Å². The summed E-state index contributed by atoms with van der Waals surface area (Å²) in [6, 6.07) is 18.2. The number of aromatic nitrogens is 1. The summed E-state index contributed by atoms with van der Waals surface area (Å²) in [6.45, 7) is 2.89. The molecule has 1 fully saturated rings. The summed E-state index contributed by atoms with van der Waals surface area (Å²) >= 11 is 0. The Labute approximate surface area is 175 Å². The van der Waals surface area contributed by atoms with E-state index in [4.69, 9.17) is 4.74 Å². The smallest absolute Gasteiger partial charge is 0.246 e. The van der Waals surface area contributed by atoms with Gasteiger partial charge in [-0.15, -0.1) is 0 Å². The molecular weight excluding hydrogens is 381 g/mol. The summed E-state index contributed by atoms with van der Waals surface area (Å²) in [5, 5.41) is 0. The highest BCUT2D eigenvalue weighted by Crippen LogP contribution is 2.25. The van der Waals surface area contributed by atoms with E-state index in [1.165, 1.54) is 24.0 Å². The maximum absolute atomic E-state index is 14.3. The lowest BCUT2D eigenvalue weighted by molar-refractivity contribution is -0.126. The number of benzene rings is 2. The van der Waals surface area contributed by atoms with Gasteiger partial charge in [0.25, 0.3) is 0 Å². The molecule has 0 spiro atoms. The molecule has 30 heavy (non-hydrogen) atoms. The third-order valence-corrected chi connectivity index (χ3v) is 4.95. The Kier molecular flexibility index (Phi) is 6.03. The fourth-order valence-corrected chi connectivity index (χ4v) is 3.33. The number of amides is 1. The van der Waals surface area contributed by atoms with Gasteiger partial charge in [-0.25, -0.2) is 4.39 Å².